The van der Waals surface area contributed by atoms with Gasteiger partial charge in [-0.2, -0.15) is 0 Å². The minimum absolute atomic E-state index is 0.179. The Labute approximate surface area is 155 Å². The summed E-state index contributed by atoms with van der Waals surface area (Å²) in [6.45, 7) is 8.26. The van der Waals surface area contributed by atoms with E-state index in [4.69, 9.17) is 0 Å². The third kappa shape index (κ3) is 3.94. The fraction of sp³-hybridized carbons (Fsp3) is 0.261. The van der Waals surface area contributed by atoms with Crippen LogP contribution >= 0.6 is 0 Å². The van der Waals surface area contributed by atoms with Crippen LogP contribution in [0, 0.1) is 13.8 Å². The zero-order valence-corrected chi connectivity index (χ0v) is 15.8. The van der Waals surface area contributed by atoms with Crippen molar-refractivity contribution in [1.29, 1.82) is 0 Å². The van der Waals surface area contributed by atoms with Gasteiger partial charge in [-0.15, -0.1) is 0 Å². The van der Waals surface area contributed by atoms with E-state index in [2.05, 4.69) is 47.6 Å². The zero-order chi connectivity index (χ0) is 18.5. The van der Waals surface area contributed by atoms with E-state index in [0.717, 1.165) is 35.7 Å². The lowest BCUT2D eigenvalue weighted by Crippen LogP contribution is -2.29. The Morgan fingerprint density at radius 3 is 2.19 bits per heavy atom. The molecule has 3 aromatic rings. The Bertz CT molecular complexity index is 866. The highest BCUT2D eigenvalue weighted by atomic mass is 16.1. The van der Waals surface area contributed by atoms with Gasteiger partial charge in [0, 0.05) is 29.2 Å². The first-order valence-corrected chi connectivity index (χ1v) is 9.14. The van der Waals surface area contributed by atoms with Crippen molar-refractivity contribution in [3.8, 4) is 5.69 Å². The normalized spacial score (nSPS) is 11.1. The van der Waals surface area contributed by atoms with Crippen LogP contribution in [-0.2, 0) is 6.54 Å². The molecule has 0 saturated heterocycles. The number of benzene rings is 2. The summed E-state index contributed by atoms with van der Waals surface area (Å²) in [6.07, 6.45) is 0. The number of aryl methyl sites for hydroxylation is 1. The molecule has 0 amide bonds. The maximum Gasteiger partial charge on any atom is 0.178 e. The van der Waals surface area contributed by atoms with E-state index in [0.29, 0.717) is 6.54 Å². The average Bonchev–Trinajstić information content (AvgIpc) is 2.97. The Morgan fingerprint density at radius 1 is 0.962 bits per heavy atom. The molecule has 0 atom stereocenters. The molecule has 3 rings (SSSR count). The number of para-hydroxylation sites is 1. The highest BCUT2D eigenvalue weighted by molar-refractivity contribution is 5.99. The number of rotatable bonds is 7. The number of ketones is 1. The molecule has 134 valence electrons. The summed E-state index contributed by atoms with van der Waals surface area (Å²) in [4.78, 5) is 15.2. The number of Topliss-reactive ketones (excluding diaryl/α,β-unsaturated/α-hetero) is 1. The number of carbonyl (C=O) groups excluding carboxylic acids is 1. The van der Waals surface area contributed by atoms with Gasteiger partial charge >= 0.3 is 0 Å². The van der Waals surface area contributed by atoms with Crippen molar-refractivity contribution < 1.29 is 4.79 Å². The summed E-state index contributed by atoms with van der Waals surface area (Å²) in [6, 6.07) is 22.5. The smallest absolute Gasteiger partial charge is 0.178 e. The maximum absolute atomic E-state index is 13.0. The van der Waals surface area contributed by atoms with Gasteiger partial charge in [-0.25, -0.2) is 0 Å². The van der Waals surface area contributed by atoms with E-state index in [1.807, 2.05) is 49.4 Å². The van der Waals surface area contributed by atoms with Crippen LogP contribution in [0.2, 0.25) is 0 Å². The Hall–Kier alpha value is -2.65. The molecule has 0 fully saturated rings. The second-order valence-corrected chi connectivity index (χ2v) is 6.67. The molecule has 1 aromatic heterocycles. The molecule has 0 spiro atoms. The predicted molar refractivity (Wildman–Crippen MR) is 107 cm³/mol. The molecule has 26 heavy (non-hydrogen) atoms. The maximum atomic E-state index is 13.0. The summed E-state index contributed by atoms with van der Waals surface area (Å²) in [5.74, 6) is 0.179. The highest BCUT2D eigenvalue weighted by Gasteiger charge is 2.18. The van der Waals surface area contributed by atoms with E-state index in [-0.39, 0.29) is 5.78 Å². The summed E-state index contributed by atoms with van der Waals surface area (Å²) < 4.78 is 2.15. The molecule has 0 bridgehead atoms. The lowest BCUT2D eigenvalue weighted by molar-refractivity contribution is 0.0929. The largest absolute Gasteiger partial charge is 0.318 e. The molecular formula is C23H26N2O. The van der Waals surface area contributed by atoms with Crippen LogP contribution < -0.4 is 0 Å². The average molecular weight is 346 g/mol. The summed E-state index contributed by atoms with van der Waals surface area (Å²) in [5, 5.41) is 0. The van der Waals surface area contributed by atoms with Crippen LogP contribution in [0.4, 0.5) is 0 Å². The lowest BCUT2D eigenvalue weighted by Gasteiger charge is -2.19. The van der Waals surface area contributed by atoms with Gasteiger partial charge in [0.2, 0.25) is 0 Å². The van der Waals surface area contributed by atoms with Crippen LogP contribution in [-0.4, -0.2) is 28.3 Å². The van der Waals surface area contributed by atoms with Crippen molar-refractivity contribution in [1.82, 2.24) is 9.47 Å². The number of hydrogen-bond acceptors (Lipinski definition) is 2. The molecule has 3 nitrogen and oxygen atoms in total. The van der Waals surface area contributed by atoms with Gasteiger partial charge in [0.25, 0.3) is 0 Å². The number of nitrogens with zero attached hydrogens (tertiary/aromatic N) is 2. The van der Waals surface area contributed by atoms with Gasteiger partial charge in [-0.3, -0.25) is 9.69 Å². The van der Waals surface area contributed by atoms with E-state index in [1.165, 1.54) is 5.56 Å². The van der Waals surface area contributed by atoms with Crippen LogP contribution in [0.15, 0.2) is 66.7 Å². The third-order valence-electron chi connectivity index (χ3n) is 4.81. The molecule has 3 heteroatoms. The van der Waals surface area contributed by atoms with Crippen molar-refractivity contribution in [2.24, 2.45) is 0 Å². The van der Waals surface area contributed by atoms with Crippen molar-refractivity contribution in [3.63, 3.8) is 0 Å². The standard InChI is InChI=1S/C23H26N2O/c1-4-24(16-20-11-7-5-8-12-20)17-23(26)22-15-18(2)25(19(22)3)21-13-9-6-10-14-21/h5-15H,4,16-17H2,1-3H3. The number of likely N-dealkylation sites (N-methyl/N-ethyl adjacent to an activating group) is 1. The van der Waals surface area contributed by atoms with Crippen molar-refractivity contribution in [2.45, 2.75) is 27.3 Å². The Morgan fingerprint density at radius 2 is 1.58 bits per heavy atom. The van der Waals surface area contributed by atoms with E-state index >= 15 is 0 Å². The van der Waals surface area contributed by atoms with Gasteiger partial charge in [0.05, 0.1) is 6.54 Å². The van der Waals surface area contributed by atoms with Gasteiger partial charge in [-0.05, 0) is 44.2 Å². The van der Waals surface area contributed by atoms with Crippen LogP contribution in [0.1, 0.15) is 34.2 Å². The third-order valence-corrected chi connectivity index (χ3v) is 4.81. The summed E-state index contributed by atoms with van der Waals surface area (Å²) >= 11 is 0. The first-order valence-electron chi connectivity index (χ1n) is 9.14. The molecule has 1 heterocycles. The Kier molecular flexibility index (Phi) is 5.69. The van der Waals surface area contributed by atoms with Crippen LogP contribution in [0.5, 0.6) is 0 Å². The van der Waals surface area contributed by atoms with Gasteiger partial charge in [-0.1, -0.05) is 55.5 Å². The second-order valence-electron chi connectivity index (χ2n) is 6.67. The fourth-order valence-electron chi connectivity index (χ4n) is 3.43. The lowest BCUT2D eigenvalue weighted by atomic mass is 10.1. The van der Waals surface area contributed by atoms with E-state index in [1.54, 1.807) is 0 Å². The molecule has 0 aliphatic rings. The van der Waals surface area contributed by atoms with Gasteiger partial charge in [0.1, 0.15) is 0 Å². The van der Waals surface area contributed by atoms with Crippen molar-refractivity contribution in [3.05, 3.63) is 89.2 Å². The summed E-state index contributed by atoms with van der Waals surface area (Å²) in [5.41, 5.74) is 5.24. The molecule has 2 aromatic carbocycles. The zero-order valence-electron chi connectivity index (χ0n) is 15.8. The van der Waals surface area contributed by atoms with E-state index in [9.17, 15) is 4.79 Å². The first-order chi connectivity index (χ1) is 12.6. The topological polar surface area (TPSA) is 25.2 Å². The molecule has 0 unspecified atom stereocenters. The van der Waals surface area contributed by atoms with Crippen molar-refractivity contribution in [2.75, 3.05) is 13.1 Å². The number of aromatic nitrogens is 1. The number of carbonyl (C=O) groups is 1. The number of hydrogen-bond donors (Lipinski definition) is 0. The highest BCUT2D eigenvalue weighted by Crippen LogP contribution is 2.21. The second kappa shape index (κ2) is 8.15. The first kappa shape index (κ1) is 18.2. The molecule has 0 radical (unpaired) electrons. The van der Waals surface area contributed by atoms with E-state index < -0.39 is 0 Å². The quantitative estimate of drug-likeness (QED) is 0.574. The van der Waals surface area contributed by atoms with Crippen LogP contribution in [0.25, 0.3) is 5.69 Å². The summed E-state index contributed by atoms with van der Waals surface area (Å²) in [7, 11) is 0. The minimum atomic E-state index is 0.179. The fourth-order valence-corrected chi connectivity index (χ4v) is 3.43. The molecule has 0 aliphatic carbocycles. The predicted octanol–water partition coefficient (Wildman–Crippen LogP) is 4.80. The van der Waals surface area contributed by atoms with Crippen molar-refractivity contribution >= 4 is 5.78 Å². The van der Waals surface area contributed by atoms with Gasteiger partial charge < -0.3 is 4.57 Å². The monoisotopic (exact) mass is 346 g/mol. The SMILES string of the molecule is CCN(CC(=O)c1cc(C)n(-c2ccccc2)c1C)Cc1ccccc1. The molecule has 0 N–H and O–H groups in total. The molecule has 0 aliphatic heterocycles. The van der Waals surface area contributed by atoms with Crippen LogP contribution in [0.3, 0.4) is 0 Å². The van der Waals surface area contributed by atoms with Gasteiger partial charge in [0.15, 0.2) is 5.78 Å². The molecule has 0 saturated carbocycles. The Balaban J connectivity index is 1.79. The minimum Gasteiger partial charge on any atom is -0.318 e. The molecular weight excluding hydrogens is 320 g/mol.